The highest BCUT2D eigenvalue weighted by atomic mass is 79.9. The smallest absolute Gasteiger partial charge is 0.150 e. The van der Waals surface area contributed by atoms with Crippen molar-refractivity contribution in [2.75, 3.05) is 17.4 Å². The highest BCUT2D eigenvalue weighted by Crippen LogP contribution is 2.30. The van der Waals surface area contributed by atoms with Gasteiger partial charge in [-0.05, 0) is 58.3 Å². The van der Waals surface area contributed by atoms with Crippen LogP contribution in [0.5, 0.6) is 0 Å². The van der Waals surface area contributed by atoms with E-state index in [2.05, 4.69) is 15.9 Å². The molecule has 0 saturated carbocycles. The largest absolute Gasteiger partial charge is 0.229 e. The first-order chi connectivity index (χ1) is 8.91. The van der Waals surface area contributed by atoms with Crippen LogP contribution in [0.25, 0.3) is 0 Å². The predicted molar refractivity (Wildman–Crippen MR) is 78.8 cm³/mol. The molecular formula is C13H15BrClFO2S. The molecule has 19 heavy (non-hydrogen) atoms. The summed E-state index contributed by atoms with van der Waals surface area (Å²) < 4.78 is 36.6. The van der Waals surface area contributed by atoms with Gasteiger partial charge in [-0.2, -0.15) is 0 Å². The lowest BCUT2D eigenvalue weighted by Gasteiger charge is -2.20. The molecule has 1 saturated heterocycles. The zero-order valence-electron chi connectivity index (χ0n) is 10.3. The third-order valence-electron chi connectivity index (χ3n) is 3.61. The molecule has 2 atom stereocenters. The lowest BCUT2D eigenvalue weighted by atomic mass is 9.88. The molecule has 0 amide bonds. The standard InChI is InChI=1S/C13H15BrClFO2S/c14-12-6-9(1-2-13(12)16)5-11(7-15)10-3-4-19(17,18)8-10/h1-2,6,10-11H,3-5,7-8H2. The number of rotatable bonds is 4. The molecule has 0 spiro atoms. The highest BCUT2D eigenvalue weighted by molar-refractivity contribution is 9.10. The SMILES string of the molecule is O=S1(=O)CCC(C(CCl)Cc2ccc(F)c(Br)c2)C1. The molecule has 1 aliphatic rings. The number of sulfone groups is 1. The van der Waals surface area contributed by atoms with Gasteiger partial charge in [0.1, 0.15) is 5.82 Å². The van der Waals surface area contributed by atoms with E-state index in [0.29, 0.717) is 23.2 Å². The van der Waals surface area contributed by atoms with Gasteiger partial charge in [0.15, 0.2) is 9.84 Å². The lowest BCUT2D eigenvalue weighted by Crippen LogP contribution is -2.20. The van der Waals surface area contributed by atoms with Gasteiger partial charge in [-0.3, -0.25) is 0 Å². The fourth-order valence-corrected chi connectivity index (χ4v) is 5.22. The van der Waals surface area contributed by atoms with Crippen LogP contribution in [0.3, 0.4) is 0 Å². The fraction of sp³-hybridized carbons (Fsp3) is 0.538. The van der Waals surface area contributed by atoms with Gasteiger partial charge in [0.25, 0.3) is 0 Å². The van der Waals surface area contributed by atoms with Gasteiger partial charge in [0.2, 0.25) is 0 Å². The van der Waals surface area contributed by atoms with Crippen molar-refractivity contribution < 1.29 is 12.8 Å². The molecule has 0 aliphatic carbocycles. The number of hydrogen-bond donors (Lipinski definition) is 0. The molecule has 1 aliphatic heterocycles. The third-order valence-corrected chi connectivity index (χ3v) is 6.41. The molecule has 1 heterocycles. The van der Waals surface area contributed by atoms with E-state index in [9.17, 15) is 12.8 Å². The first kappa shape index (κ1) is 15.3. The minimum absolute atomic E-state index is 0.117. The first-order valence-electron chi connectivity index (χ1n) is 6.11. The zero-order chi connectivity index (χ0) is 14.0. The van der Waals surface area contributed by atoms with Crippen molar-refractivity contribution in [3.05, 3.63) is 34.1 Å². The maximum Gasteiger partial charge on any atom is 0.150 e. The van der Waals surface area contributed by atoms with Crippen LogP contribution in [0.1, 0.15) is 12.0 Å². The Balaban J connectivity index is 2.09. The molecule has 106 valence electrons. The molecule has 0 bridgehead atoms. The Morgan fingerprint density at radius 3 is 2.74 bits per heavy atom. The maximum atomic E-state index is 13.2. The average Bonchev–Trinajstić information content (AvgIpc) is 2.71. The molecule has 0 radical (unpaired) electrons. The van der Waals surface area contributed by atoms with Crippen LogP contribution >= 0.6 is 27.5 Å². The summed E-state index contributed by atoms with van der Waals surface area (Å²) in [5, 5.41) is 0. The van der Waals surface area contributed by atoms with Gasteiger partial charge < -0.3 is 0 Å². The molecule has 2 unspecified atom stereocenters. The van der Waals surface area contributed by atoms with Crippen LogP contribution in [-0.2, 0) is 16.3 Å². The van der Waals surface area contributed by atoms with Gasteiger partial charge in [0.05, 0.1) is 16.0 Å². The van der Waals surface area contributed by atoms with Crippen LogP contribution in [0.2, 0.25) is 0 Å². The van der Waals surface area contributed by atoms with Crippen molar-refractivity contribution in [1.82, 2.24) is 0 Å². The van der Waals surface area contributed by atoms with E-state index < -0.39 is 9.84 Å². The molecule has 1 aromatic rings. The zero-order valence-corrected chi connectivity index (χ0v) is 13.4. The Labute approximate surface area is 126 Å². The second kappa shape index (κ2) is 6.10. The van der Waals surface area contributed by atoms with Crippen molar-refractivity contribution >= 4 is 37.4 Å². The van der Waals surface area contributed by atoms with Crippen molar-refractivity contribution in [2.24, 2.45) is 11.8 Å². The summed E-state index contributed by atoms with van der Waals surface area (Å²) >= 11 is 9.14. The minimum atomic E-state index is -2.89. The molecule has 1 fully saturated rings. The van der Waals surface area contributed by atoms with E-state index in [1.54, 1.807) is 12.1 Å². The van der Waals surface area contributed by atoms with Gasteiger partial charge in [-0.25, -0.2) is 12.8 Å². The fourth-order valence-electron chi connectivity index (χ4n) is 2.51. The van der Waals surface area contributed by atoms with E-state index in [0.717, 1.165) is 5.56 Å². The van der Waals surface area contributed by atoms with Gasteiger partial charge in [-0.1, -0.05) is 6.07 Å². The van der Waals surface area contributed by atoms with Crippen LogP contribution < -0.4 is 0 Å². The predicted octanol–water partition coefficient (Wildman–Crippen LogP) is 3.42. The molecule has 6 heteroatoms. The van der Waals surface area contributed by atoms with E-state index in [-0.39, 0.29) is 29.2 Å². The van der Waals surface area contributed by atoms with Crippen molar-refractivity contribution in [2.45, 2.75) is 12.8 Å². The Bertz CT molecular complexity index is 562. The number of halogens is 3. The summed E-state index contributed by atoms with van der Waals surface area (Å²) in [6.45, 7) is 0. The van der Waals surface area contributed by atoms with E-state index in [1.807, 2.05) is 0 Å². The summed E-state index contributed by atoms with van der Waals surface area (Å²) in [6.07, 6.45) is 1.37. The van der Waals surface area contributed by atoms with Crippen molar-refractivity contribution in [1.29, 1.82) is 0 Å². The minimum Gasteiger partial charge on any atom is -0.229 e. The lowest BCUT2D eigenvalue weighted by molar-refractivity contribution is 0.397. The summed E-state index contributed by atoms with van der Waals surface area (Å²) in [5.74, 6) is 0.859. The van der Waals surface area contributed by atoms with Gasteiger partial charge >= 0.3 is 0 Å². The average molecular weight is 370 g/mol. The molecule has 0 aromatic heterocycles. The first-order valence-corrected chi connectivity index (χ1v) is 9.26. The molecule has 0 N–H and O–H groups in total. The maximum absolute atomic E-state index is 13.2. The van der Waals surface area contributed by atoms with E-state index in [1.165, 1.54) is 6.07 Å². The van der Waals surface area contributed by atoms with Crippen LogP contribution in [0, 0.1) is 17.7 Å². The molecule has 2 rings (SSSR count). The number of benzene rings is 1. The molecular weight excluding hydrogens is 355 g/mol. The molecule has 1 aromatic carbocycles. The van der Waals surface area contributed by atoms with Crippen molar-refractivity contribution in [3.63, 3.8) is 0 Å². The highest BCUT2D eigenvalue weighted by Gasteiger charge is 2.33. The number of alkyl halides is 1. The normalized spacial score (nSPS) is 23.4. The third kappa shape index (κ3) is 3.92. The topological polar surface area (TPSA) is 34.1 Å². The summed E-state index contributed by atoms with van der Waals surface area (Å²) in [4.78, 5) is 0. The Morgan fingerprint density at radius 1 is 1.47 bits per heavy atom. The Kier molecular flexibility index (Phi) is 4.90. The van der Waals surface area contributed by atoms with Crippen LogP contribution in [0.4, 0.5) is 4.39 Å². The molecule has 2 nitrogen and oxygen atoms in total. The monoisotopic (exact) mass is 368 g/mol. The summed E-state index contributed by atoms with van der Waals surface area (Å²) in [5.41, 5.74) is 0.975. The number of hydrogen-bond acceptors (Lipinski definition) is 2. The Hall–Kier alpha value is -0.130. The second-order valence-electron chi connectivity index (χ2n) is 5.03. The Morgan fingerprint density at radius 2 is 2.21 bits per heavy atom. The van der Waals surface area contributed by atoms with Crippen molar-refractivity contribution in [3.8, 4) is 0 Å². The van der Waals surface area contributed by atoms with Crippen LogP contribution in [0.15, 0.2) is 22.7 Å². The van der Waals surface area contributed by atoms with E-state index in [4.69, 9.17) is 11.6 Å². The van der Waals surface area contributed by atoms with Crippen LogP contribution in [-0.4, -0.2) is 25.8 Å². The van der Waals surface area contributed by atoms with E-state index >= 15 is 0 Å². The van der Waals surface area contributed by atoms with Gasteiger partial charge in [-0.15, -0.1) is 11.6 Å². The van der Waals surface area contributed by atoms with Gasteiger partial charge in [0, 0.05) is 5.88 Å². The summed E-state index contributed by atoms with van der Waals surface area (Å²) in [6, 6.07) is 4.87. The summed E-state index contributed by atoms with van der Waals surface area (Å²) in [7, 11) is -2.89. The quantitative estimate of drug-likeness (QED) is 0.762. The second-order valence-corrected chi connectivity index (χ2v) is 8.42.